The van der Waals surface area contributed by atoms with E-state index in [1.165, 1.54) is 17.9 Å². The van der Waals surface area contributed by atoms with Crippen LogP contribution in [0.4, 0.5) is 4.39 Å². The zero-order valence-electron chi connectivity index (χ0n) is 12.6. The summed E-state index contributed by atoms with van der Waals surface area (Å²) in [6.45, 7) is 5.06. The number of hydrogen-bond acceptors (Lipinski definition) is 4. The van der Waals surface area contributed by atoms with Crippen molar-refractivity contribution in [3.63, 3.8) is 0 Å². The Morgan fingerprint density at radius 2 is 2.14 bits per heavy atom. The first kappa shape index (κ1) is 16.2. The molecule has 7 nitrogen and oxygen atoms in total. The molecule has 0 aliphatic carbocycles. The molecule has 2 heterocycles. The van der Waals surface area contributed by atoms with Crippen LogP contribution in [0.15, 0.2) is 11.3 Å². The van der Waals surface area contributed by atoms with Crippen LogP contribution in [0.2, 0.25) is 5.02 Å². The Morgan fingerprint density at radius 3 is 2.64 bits per heavy atom. The number of aromatic nitrogens is 4. The van der Waals surface area contributed by atoms with Crippen LogP contribution in [-0.4, -0.2) is 31.7 Å². The maximum atomic E-state index is 13.7. The van der Waals surface area contributed by atoms with Gasteiger partial charge in [0.05, 0.1) is 28.2 Å². The van der Waals surface area contributed by atoms with Gasteiger partial charge in [0.15, 0.2) is 0 Å². The summed E-state index contributed by atoms with van der Waals surface area (Å²) in [5, 5.41) is 12.3. The van der Waals surface area contributed by atoms with Gasteiger partial charge in [0.1, 0.15) is 6.04 Å². The van der Waals surface area contributed by atoms with E-state index in [0.29, 0.717) is 16.4 Å². The van der Waals surface area contributed by atoms with Crippen molar-refractivity contribution in [2.75, 3.05) is 0 Å². The second kappa shape index (κ2) is 6.27. The van der Waals surface area contributed by atoms with Gasteiger partial charge in [0, 0.05) is 13.2 Å². The molecule has 0 fully saturated rings. The zero-order valence-corrected chi connectivity index (χ0v) is 13.4. The highest BCUT2D eigenvalue weighted by Crippen LogP contribution is 2.15. The highest BCUT2D eigenvalue weighted by atomic mass is 35.5. The number of nitrogens with one attached hydrogen (secondary N) is 1. The van der Waals surface area contributed by atoms with Crippen LogP contribution in [0, 0.1) is 19.8 Å². The van der Waals surface area contributed by atoms with Crippen molar-refractivity contribution in [1.29, 1.82) is 0 Å². The Bertz CT molecular complexity index is 716. The molecule has 0 bridgehead atoms. The minimum absolute atomic E-state index is 0.230. The van der Waals surface area contributed by atoms with Crippen LogP contribution in [-0.2, 0) is 11.8 Å². The third-order valence-corrected chi connectivity index (χ3v) is 3.57. The molecule has 1 amide bonds. The first-order valence-corrected chi connectivity index (χ1v) is 6.92. The lowest BCUT2D eigenvalue weighted by Crippen LogP contribution is -2.27. The standard InChI is InChI=1S/C13H16ClFN6O/c1-7-10(12(15)20(4)18-7)5-16-17-13(22)9(3)21-6-11(14)8(2)19-21/h5-6,9H,1-4H3,(H,17,22)/b16-5+. The minimum Gasteiger partial charge on any atom is -0.271 e. The second-order valence-corrected chi connectivity index (χ2v) is 5.27. The molecule has 0 spiro atoms. The van der Waals surface area contributed by atoms with Crippen molar-refractivity contribution in [2.24, 2.45) is 12.1 Å². The van der Waals surface area contributed by atoms with Gasteiger partial charge in [-0.3, -0.25) is 9.48 Å². The predicted molar refractivity (Wildman–Crippen MR) is 80.3 cm³/mol. The largest absolute Gasteiger partial charge is 0.271 e. The SMILES string of the molecule is Cc1nn(C(C)C(=O)N/N=C/c2c(C)nn(C)c2F)cc1Cl. The van der Waals surface area contributed by atoms with Crippen molar-refractivity contribution >= 4 is 23.7 Å². The lowest BCUT2D eigenvalue weighted by molar-refractivity contribution is -0.124. The summed E-state index contributed by atoms with van der Waals surface area (Å²) in [5.41, 5.74) is 3.70. The third kappa shape index (κ3) is 3.16. The van der Waals surface area contributed by atoms with Gasteiger partial charge in [-0.05, 0) is 20.8 Å². The predicted octanol–water partition coefficient (Wildman–Crippen LogP) is 1.74. The summed E-state index contributed by atoms with van der Waals surface area (Å²) < 4.78 is 16.2. The van der Waals surface area contributed by atoms with E-state index in [0.717, 1.165) is 4.68 Å². The second-order valence-electron chi connectivity index (χ2n) is 4.87. The number of amides is 1. The van der Waals surface area contributed by atoms with Crippen LogP contribution in [0.25, 0.3) is 0 Å². The van der Waals surface area contributed by atoms with Gasteiger partial charge in [-0.25, -0.2) is 10.1 Å². The molecule has 2 aromatic heterocycles. The first-order valence-electron chi connectivity index (χ1n) is 6.54. The summed E-state index contributed by atoms with van der Waals surface area (Å²) in [6.07, 6.45) is 2.79. The molecular formula is C13H16ClFN6O. The van der Waals surface area contributed by atoms with Gasteiger partial charge in [-0.15, -0.1) is 0 Å². The summed E-state index contributed by atoms with van der Waals surface area (Å²) in [6, 6.07) is -0.594. The van der Waals surface area contributed by atoms with Crippen LogP contribution < -0.4 is 5.43 Å². The van der Waals surface area contributed by atoms with Gasteiger partial charge in [-0.2, -0.15) is 19.7 Å². The van der Waals surface area contributed by atoms with Gasteiger partial charge in [0.25, 0.3) is 5.91 Å². The molecule has 0 saturated heterocycles. The highest BCUT2D eigenvalue weighted by molar-refractivity contribution is 6.31. The number of hydrogen-bond donors (Lipinski definition) is 1. The number of halogens is 2. The summed E-state index contributed by atoms with van der Waals surface area (Å²) >= 11 is 5.90. The quantitative estimate of drug-likeness (QED) is 0.686. The zero-order chi connectivity index (χ0) is 16.4. The average molecular weight is 327 g/mol. The van der Waals surface area contributed by atoms with Crippen LogP contribution in [0.1, 0.15) is 29.9 Å². The third-order valence-electron chi connectivity index (χ3n) is 3.20. The van der Waals surface area contributed by atoms with E-state index < -0.39 is 17.9 Å². The number of rotatable bonds is 4. The molecule has 0 aliphatic rings. The fraction of sp³-hybridized carbons (Fsp3) is 0.385. The topological polar surface area (TPSA) is 77.1 Å². The molecule has 118 valence electrons. The molecular weight excluding hydrogens is 311 g/mol. The molecule has 0 radical (unpaired) electrons. The fourth-order valence-electron chi connectivity index (χ4n) is 1.82. The van der Waals surface area contributed by atoms with Crippen LogP contribution >= 0.6 is 11.6 Å². The van der Waals surface area contributed by atoms with Crippen LogP contribution in [0.5, 0.6) is 0 Å². The fourth-order valence-corrected chi connectivity index (χ4v) is 1.96. The Balaban J connectivity index is 2.04. The minimum atomic E-state index is -0.594. The monoisotopic (exact) mass is 326 g/mol. The molecule has 0 aliphatic heterocycles. The van der Waals surface area contributed by atoms with Crippen molar-refractivity contribution in [2.45, 2.75) is 26.8 Å². The average Bonchev–Trinajstić information content (AvgIpc) is 2.92. The Kier molecular flexibility index (Phi) is 4.60. The van der Waals surface area contributed by atoms with Crippen molar-refractivity contribution in [1.82, 2.24) is 25.0 Å². The highest BCUT2D eigenvalue weighted by Gasteiger charge is 2.17. The Labute approximate surface area is 131 Å². The molecule has 1 unspecified atom stereocenters. The first-order chi connectivity index (χ1) is 10.3. The molecule has 0 aromatic carbocycles. The van der Waals surface area contributed by atoms with Crippen LogP contribution in [0.3, 0.4) is 0 Å². The summed E-state index contributed by atoms with van der Waals surface area (Å²) in [4.78, 5) is 12.0. The lowest BCUT2D eigenvalue weighted by Gasteiger charge is -2.09. The van der Waals surface area contributed by atoms with E-state index >= 15 is 0 Å². The Morgan fingerprint density at radius 1 is 1.45 bits per heavy atom. The number of carbonyl (C=O) groups excluding carboxylic acids is 1. The van der Waals surface area contributed by atoms with E-state index in [2.05, 4.69) is 20.7 Å². The molecule has 0 saturated carbocycles. The smallest absolute Gasteiger partial charge is 0.264 e. The maximum absolute atomic E-state index is 13.7. The number of hydrazone groups is 1. The van der Waals surface area contributed by atoms with Gasteiger partial charge in [0.2, 0.25) is 5.95 Å². The maximum Gasteiger partial charge on any atom is 0.264 e. The van der Waals surface area contributed by atoms with Crippen molar-refractivity contribution in [3.05, 3.63) is 34.1 Å². The number of aryl methyl sites for hydroxylation is 3. The molecule has 1 N–H and O–H groups in total. The Hall–Kier alpha value is -2.22. The molecule has 1 atom stereocenters. The van der Waals surface area contributed by atoms with Gasteiger partial charge >= 0.3 is 0 Å². The summed E-state index contributed by atoms with van der Waals surface area (Å²) in [5.74, 6) is -0.907. The van der Waals surface area contributed by atoms with Gasteiger partial charge in [-0.1, -0.05) is 11.6 Å². The molecule has 22 heavy (non-hydrogen) atoms. The van der Waals surface area contributed by atoms with Crippen molar-refractivity contribution in [3.8, 4) is 0 Å². The van der Waals surface area contributed by atoms with E-state index in [-0.39, 0.29) is 5.56 Å². The molecule has 9 heteroatoms. The molecule has 2 rings (SSSR count). The number of nitrogens with zero attached hydrogens (tertiary/aromatic N) is 5. The van der Waals surface area contributed by atoms with E-state index in [9.17, 15) is 9.18 Å². The van der Waals surface area contributed by atoms with Crippen molar-refractivity contribution < 1.29 is 9.18 Å². The number of carbonyl (C=O) groups is 1. The van der Waals surface area contributed by atoms with E-state index in [1.54, 1.807) is 27.0 Å². The van der Waals surface area contributed by atoms with E-state index in [4.69, 9.17) is 11.6 Å². The van der Waals surface area contributed by atoms with Gasteiger partial charge < -0.3 is 0 Å². The normalized spacial score (nSPS) is 12.8. The lowest BCUT2D eigenvalue weighted by atomic mass is 10.3. The molecule has 2 aromatic rings. The van der Waals surface area contributed by atoms with E-state index in [1.807, 2.05) is 0 Å². The summed E-state index contributed by atoms with van der Waals surface area (Å²) in [7, 11) is 1.49.